The summed E-state index contributed by atoms with van der Waals surface area (Å²) in [5, 5.41) is 23.6. The molecule has 0 heterocycles. The Kier molecular flexibility index (Phi) is 6.13. The average Bonchev–Trinajstić information content (AvgIpc) is 2.60. The maximum atomic E-state index is 12.2. The molecule has 9 nitrogen and oxygen atoms in total. The summed E-state index contributed by atoms with van der Waals surface area (Å²) in [5.74, 6) is -1.29. The third kappa shape index (κ3) is 5.25. The average molecular weight is 393 g/mol. The molecule has 0 atom stereocenters. The molecule has 0 aliphatic carbocycles. The minimum atomic E-state index is -3.67. The lowest BCUT2D eigenvalue weighted by Crippen LogP contribution is -2.29. The largest absolute Gasteiger partial charge is 0.508 e. The number of non-ortho nitro benzene ring substituents is 1. The molecule has 0 amide bonds. The van der Waals surface area contributed by atoms with E-state index in [1.54, 1.807) is 12.1 Å². The minimum Gasteiger partial charge on any atom is -0.508 e. The van der Waals surface area contributed by atoms with Gasteiger partial charge in [0.2, 0.25) is 10.0 Å². The Morgan fingerprint density at radius 1 is 1.22 bits per heavy atom. The molecule has 2 N–H and O–H groups in total. The maximum Gasteiger partial charge on any atom is 0.270 e. The topological polar surface area (TPSA) is 130 Å². The molecular formula is C17H19N3O6S. The molecule has 0 radical (unpaired) electrons. The molecule has 144 valence electrons. The highest BCUT2D eigenvalue weighted by Gasteiger charge is 2.20. The summed E-state index contributed by atoms with van der Waals surface area (Å²) in [7, 11) is -0.959. The van der Waals surface area contributed by atoms with Crippen molar-refractivity contribution in [1.82, 2.24) is 4.31 Å². The number of Topliss-reactive ketones (excluding diaryl/α,β-unsaturated/α-hetero) is 1. The van der Waals surface area contributed by atoms with Crippen LogP contribution in [0.2, 0.25) is 0 Å². The number of nitrogens with zero attached hydrogens (tertiary/aromatic N) is 2. The second-order valence-electron chi connectivity index (χ2n) is 5.97. The van der Waals surface area contributed by atoms with Gasteiger partial charge in [-0.15, -0.1) is 0 Å². The van der Waals surface area contributed by atoms with Crippen LogP contribution < -0.4 is 5.32 Å². The summed E-state index contributed by atoms with van der Waals surface area (Å²) in [4.78, 5) is 22.5. The second-order valence-corrected chi connectivity index (χ2v) is 8.15. The number of rotatable bonds is 8. The number of carbonyl (C=O) groups excluding carboxylic acids is 1. The zero-order valence-electron chi connectivity index (χ0n) is 14.7. The Balaban J connectivity index is 2.14. The highest BCUT2D eigenvalue weighted by atomic mass is 32.2. The maximum absolute atomic E-state index is 12.2. The number of nitro groups is 1. The molecule has 0 saturated heterocycles. The van der Waals surface area contributed by atoms with E-state index in [1.165, 1.54) is 44.4 Å². The number of ketones is 1. The van der Waals surface area contributed by atoms with Gasteiger partial charge in [0.1, 0.15) is 11.5 Å². The van der Waals surface area contributed by atoms with E-state index < -0.39 is 26.5 Å². The number of hydrogen-bond acceptors (Lipinski definition) is 7. The molecule has 2 rings (SSSR count). The quantitative estimate of drug-likeness (QED) is 0.398. The van der Waals surface area contributed by atoms with E-state index >= 15 is 0 Å². The molecule has 0 saturated carbocycles. The normalized spacial score (nSPS) is 11.4. The summed E-state index contributed by atoms with van der Waals surface area (Å²) in [6.07, 6.45) is 0. The van der Waals surface area contributed by atoms with Gasteiger partial charge in [0.25, 0.3) is 5.69 Å². The van der Waals surface area contributed by atoms with E-state index in [0.29, 0.717) is 11.3 Å². The Bertz CT molecular complexity index is 972. The van der Waals surface area contributed by atoms with Crippen LogP contribution in [-0.4, -0.2) is 48.4 Å². The minimum absolute atomic E-state index is 0.0845. The van der Waals surface area contributed by atoms with Crippen molar-refractivity contribution >= 4 is 27.2 Å². The van der Waals surface area contributed by atoms with Crippen molar-refractivity contribution in [2.45, 2.75) is 6.54 Å². The van der Waals surface area contributed by atoms with Crippen molar-refractivity contribution in [2.24, 2.45) is 0 Å². The molecule has 0 aliphatic heterocycles. The van der Waals surface area contributed by atoms with Crippen LogP contribution in [0, 0.1) is 10.1 Å². The van der Waals surface area contributed by atoms with Crippen molar-refractivity contribution in [3.63, 3.8) is 0 Å². The van der Waals surface area contributed by atoms with Crippen LogP contribution in [0.1, 0.15) is 15.9 Å². The zero-order chi connectivity index (χ0) is 20.2. The Morgan fingerprint density at radius 2 is 1.93 bits per heavy atom. The van der Waals surface area contributed by atoms with Gasteiger partial charge in [0.05, 0.1) is 4.92 Å². The summed E-state index contributed by atoms with van der Waals surface area (Å²) in [5.41, 5.74) is 0.890. The molecule has 0 aromatic heterocycles. The van der Waals surface area contributed by atoms with E-state index in [0.717, 1.165) is 4.31 Å². The van der Waals surface area contributed by atoms with Crippen LogP contribution in [-0.2, 0) is 16.6 Å². The molecule has 27 heavy (non-hydrogen) atoms. The molecule has 0 fully saturated rings. The van der Waals surface area contributed by atoms with Crippen LogP contribution in [0.25, 0.3) is 0 Å². The van der Waals surface area contributed by atoms with E-state index in [-0.39, 0.29) is 23.5 Å². The lowest BCUT2D eigenvalue weighted by molar-refractivity contribution is -0.384. The number of nitrogens with one attached hydrogen (secondary N) is 1. The van der Waals surface area contributed by atoms with Crippen LogP contribution in [0.3, 0.4) is 0 Å². The molecule has 0 bridgehead atoms. The smallest absolute Gasteiger partial charge is 0.270 e. The predicted molar refractivity (Wildman–Crippen MR) is 100 cm³/mol. The Labute approximate surface area is 156 Å². The predicted octanol–water partition coefficient (Wildman–Crippen LogP) is 1.99. The molecule has 0 spiro atoms. The van der Waals surface area contributed by atoms with Gasteiger partial charge >= 0.3 is 0 Å². The number of anilines is 1. The van der Waals surface area contributed by atoms with Gasteiger partial charge in [-0.3, -0.25) is 14.9 Å². The monoisotopic (exact) mass is 393 g/mol. The van der Waals surface area contributed by atoms with Gasteiger partial charge in [-0.05, 0) is 18.2 Å². The highest BCUT2D eigenvalue weighted by molar-refractivity contribution is 7.89. The summed E-state index contributed by atoms with van der Waals surface area (Å²) < 4.78 is 24.7. The van der Waals surface area contributed by atoms with Crippen LogP contribution in [0.5, 0.6) is 5.75 Å². The number of nitro benzene ring substituents is 1. The Hall–Kier alpha value is -2.98. The lowest BCUT2D eigenvalue weighted by atomic mass is 10.1. The number of hydrogen-bond donors (Lipinski definition) is 2. The fourth-order valence-corrected chi connectivity index (χ4v) is 2.96. The van der Waals surface area contributed by atoms with Crippen molar-refractivity contribution in [3.8, 4) is 5.75 Å². The summed E-state index contributed by atoms with van der Waals surface area (Å²) in [6.45, 7) is 0.0845. The van der Waals surface area contributed by atoms with Crippen molar-refractivity contribution in [3.05, 3.63) is 63.7 Å². The molecule has 0 aliphatic rings. The van der Waals surface area contributed by atoms with Gasteiger partial charge in [-0.2, -0.15) is 0 Å². The van der Waals surface area contributed by atoms with Crippen molar-refractivity contribution < 1.29 is 23.2 Å². The fraction of sp³-hybridized carbons (Fsp3) is 0.235. The van der Waals surface area contributed by atoms with Crippen molar-refractivity contribution in [2.75, 3.05) is 25.2 Å². The molecular weight excluding hydrogens is 374 g/mol. The molecule has 2 aromatic rings. The highest BCUT2D eigenvalue weighted by Crippen LogP contribution is 2.24. The first-order valence-corrected chi connectivity index (χ1v) is 9.44. The molecule has 10 heteroatoms. The van der Waals surface area contributed by atoms with E-state index in [2.05, 4.69) is 5.32 Å². The first-order chi connectivity index (χ1) is 12.6. The summed E-state index contributed by atoms with van der Waals surface area (Å²) >= 11 is 0. The molecule has 0 unspecified atom stereocenters. The van der Waals surface area contributed by atoms with E-state index in [1.807, 2.05) is 0 Å². The Morgan fingerprint density at radius 3 is 2.56 bits per heavy atom. The third-order valence-corrected chi connectivity index (χ3v) is 5.55. The zero-order valence-corrected chi connectivity index (χ0v) is 15.6. The van der Waals surface area contributed by atoms with Gasteiger partial charge in [-0.25, -0.2) is 12.7 Å². The van der Waals surface area contributed by atoms with Crippen LogP contribution in [0.4, 0.5) is 11.4 Å². The number of benzene rings is 2. The molecule has 2 aromatic carbocycles. The number of aromatic hydroxyl groups is 1. The van der Waals surface area contributed by atoms with Gasteiger partial charge in [-0.1, -0.05) is 12.1 Å². The second kappa shape index (κ2) is 8.14. The van der Waals surface area contributed by atoms with Gasteiger partial charge in [0.15, 0.2) is 5.78 Å². The number of sulfonamides is 1. The summed E-state index contributed by atoms with van der Waals surface area (Å²) in [6, 6.07) is 9.92. The SMILES string of the molecule is CN(C)S(=O)(=O)CC(=O)c1cccc(NCc2cc([N+](=O)[O-])ccc2O)c1. The number of phenols is 1. The van der Waals surface area contributed by atoms with Gasteiger partial charge in [0, 0.05) is 49.6 Å². The first kappa shape index (κ1) is 20.3. The van der Waals surface area contributed by atoms with Crippen LogP contribution >= 0.6 is 0 Å². The fourth-order valence-electron chi connectivity index (χ4n) is 2.21. The standard InChI is InChI=1S/C17H19N3O6S/c1-19(2)27(25,26)11-17(22)12-4-3-5-14(8-12)18-10-13-9-15(20(23)24)6-7-16(13)21/h3-9,18,21H,10-11H2,1-2H3. The van der Waals surface area contributed by atoms with E-state index in [9.17, 15) is 28.4 Å². The third-order valence-electron chi connectivity index (χ3n) is 3.81. The number of carbonyl (C=O) groups is 1. The van der Waals surface area contributed by atoms with Crippen LogP contribution in [0.15, 0.2) is 42.5 Å². The number of phenolic OH excluding ortho intramolecular Hbond substituents is 1. The van der Waals surface area contributed by atoms with Crippen molar-refractivity contribution in [1.29, 1.82) is 0 Å². The lowest BCUT2D eigenvalue weighted by Gasteiger charge is -2.12. The first-order valence-electron chi connectivity index (χ1n) is 7.84. The van der Waals surface area contributed by atoms with E-state index in [4.69, 9.17) is 0 Å². The van der Waals surface area contributed by atoms with Gasteiger partial charge < -0.3 is 10.4 Å².